The van der Waals surface area contributed by atoms with Crippen LogP contribution in [0.15, 0.2) is 0 Å². The van der Waals surface area contributed by atoms with E-state index in [1.807, 2.05) is 20.8 Å². The van der Waals surface area contributed by atoms with Gasteiger partial charge in [-0.1, -0.05) is 6.92 Å². The first-order valence-corrected chi connectivity index (χ1v) is 7.79. The van der Waals surface area contributed by atoms with Gasteiger partial charge in [-0.25, -0.2) is 10.0 Å². The van der Waals surface area contributed by atoms with Gasteiger partial charge in [0.1, 0.15) is 0 Å². The van der Waals surface area contributed by atoms with Crippen LogP contribution in [0.2, 0.25) is 0 Å². The molecule has 0 spiro atoms. The summed E-state index contributed by atoms with van der Waals surface area (Å²) in [5.41, 5.74) is 0. The number of hydrogen-bond donors (Lipinski definition) is 0. The fourth-order valence-corrected chi connectivity index (χ4v) is 3.34. The van der Waals surface area contributed by atoms with Crippen LogP contribution in [0.3, 0.4) is 0 Å². The van der Waals surface area contributed by atoms with Gasteiger partial charge in [-0.15, -0.1) is 0 Å². The van der Waals surface area contributed by atoms with Crippen molar-refractivity contribution in [2.24, 2.45) is 0 Å². The van der Waals surface area contributed by atoms with Gasteiger partial charge in [-0.2, -0.15) is 0 Å². The Balaban J connectivity index is 4.65. The van der Waals surface area contributed by atoms with E-state index >= 15 is 0 Å². The standard InChI is InChI=1S/C11H24O2S/c1-7-9-14(5,6)11(3,4)10(12)13-8-2/h7-9H2,1-6H3. The van der Waals surface area contributed by atoms with Crippen LogP contribution in [-0.4, -0.2) is 35.6 Å². The normalized spacial score (nSPS) is 13.9. The molecule has 0 aromatic carbocycles. The fraction of sp³-hybridized carbons (Fsp3) is 0.909. The second kappa shape index (κ2) is 5.06. The van der Waals surface area contributed by atoms with Crippen LogP contribution in [0.25, 0.3) is 0 Å². The van der Waals surface area contributed by atoms with Crippen molar-refractivity contribution in [3.63, 3.8) is 0 Å². The number of esters is 1. The Morgan fingerprint density at radius 3 is 2.14 bits per heavy atom. The first-order valence-electron chi connectivity index (χ1n) is 5.17. The van der Waals surface area contributed by atoms with Crippen LogP contribution in [0.4, 0.5) is 0 Å². The van der Waals surface area contributed by atoms with E-state index in [4.69, 9.17) is 4.74 Å². The number of ether oxygens (including phenoxy) is 1. The van der Waals surface area contributed by atoms with Gasteiger partial charge >= 0.3 is 5.97 Å². The zero-order valence-electron chi connectivity index (χ0n) is 10.3. The number of carbonyl (C=O) groups excluding carboxylic acids is 1. The molecule has 86 valence electrons. The molecule has 3 heteroatoms. The molecule has 0 aliphatic carbocycles. The third kappa shape index (κ3) is 2.91. The van der Waals surface area contributed by atoms with Crippen molar-refractivity contribution in [3.8, 4) is 0 Å². The predicted molar refractivity (Wildman–Crippen MR) is 65.3 cm³/mol. The number of rotatable bonds is 5. The summed E-state index contributed by atoms with van der Waals surface area (Å²) in [6.45, 7) is 8.52. The molecule has 0 aliphatic heterocycles. The number of hydrogen-bond acceptors (Lipinski definition) is 2. The molecule has 0 radical (unpaired) electrons. The summed E-state index contributed by atoms with van der Waals surface area (Å²) in [7, 11) is -0.906. The Bertz CT molecular complexity index is 197. The number of carbonyl (C=O) groups is 1. The molecule has 0 atom stereocenters. The monoisotopic (exact) mass is 220 g/mol. The van der Waals surface area contributed by atoms with Crippen molar-refractivity contribution < 1.29 is 9.53 Å². The molecule has 0 amide bonds. The van der Waals surface area contributed by atoms with Crippen LogP contribution in [0, 0.1) is 0 Å². The SMILES string of the molecule is CCCS(C)(C)C(C)(C)C(=O)OCC. The first kappa shape index (κ1) is 13.8. The van der Waals surface area contributed by atoms with E-state index in [1.165, 1.54) is 0 Å². The minimum Gasteiger partial charge on any atom is -0.465 e. The molecule has 2 nitrogen and oxygen atoms in total. The largest absolute Gasteiger partial charge is 0.465 e. The fourth-order valence-electron chi connectivity index (χ4n) is 1.30. The Labute approximate surface area is 89.7 Å². The van der Waals surface area contributed by atoms with Gasteiger partial charge < -0.3 is 4.74 Å². The minimum absolute atomic E-state index is 0.0477. The lowest BCUT2D eigenvalue weighted by Crippen LogP contribution is -2.39. The highest BCUT2D eigenvalue weighted by molar-refractivity contribution is 8.34. The quantitative estimate of drug-likeness (QED) is 0.666. The average molecular weight is 220 g/mol. The van der Waals surface area contributed by atoms with Crippen LogP contribution in [0.1, 0.15) is 34.1 Å². The Kier molecular flexibility index (Phi) is 4.99. The van der Waals surface area contributed by atoms with E-state index in [1.54, 1.807) is 0 Å². The molecule has 0 aromatic rings. The summed E-state index contributed by atoms with van der Waals surface area (Å²) in [6, 6.07) is 0. The van der Waals surface area contributed by atoms with E-state index < -0.39 is 10.0 Å². The van der Waals surface area contributed by atoms with Crippen molar-refractivity contribution in [1.82, 2.24) is 0 Å². The molecule has 0 heterocycles. The maximum Gasteiger partial charge on any atom is 0.320 e. The topological polar surface area (TPSA) is 26.3 Å². The summed E-state index contributed by atoms with van der Waals surface area (Å²) in [5.74, 6) is 1.08. The summed E-state index contributed by atoms with van der Waals surface area (Å²) in [5, 5.41) is 0. The second-order valence-electron chi connectivity index (χ2n) is 4.47. The zero-order chi connectivity index (χ0) is 11.4. The van der Waals surface area contributed by atoms with Gasteiger partial charge in [0.2, 0.25) is 0 Å². The Hall–Kier alpha value is -0.180. The van der Waals surface area contributed by atoms with Gasteiger partial charge in [0.05, 0.1) is 11.4 Å². The van der Waals surface area contributed by atoms with Crippen LogP contribution in [-0.2, 0) is 9.53 Å². The van der Waals surface area contributed by atoms with Gasteiger partial charge in [0.15, 0.2) is 0 Å². The van der Waals surface area contributed by atoms with E-state index in [-0.39, 0.29) is 10.7 Å². The van der Waals surface area contributed by atoms with Crippen LogP contribution in [0.5, 0.6) is 0 Å². The van der Waals surface area contributed by atoms with Gasteiger partial charge in [-0.05, 0) is 45.5 Å². The van der Waals surface area contributed by atoms with E-state index in [9.17, 15) is 4.79 Å². The molecule has 0 rings (SSSR count). The predicted octanol–water partition coefficient (Wildman–Crippen LogP) is 2.80. The average Bonchev–Trinajstić information content (AvgIpc) is 2.04. The molecule has 0 saturated heterocycles. The van der Waals surface area contributed by atoms with Crippen LogP contribution >= 0.6 is 10.0 Å². The first-order chi connectivity index (χ1) is 6.29. The molecule has 0 saturated carbocycles. The van der Waals surface area contributed by atoms with E-state index in [2.05, 4.69) is 19.4 Å². The maximum atomic E-state index is 11.8. The summed E-state index contributed by atoms with van der Waals surface area (Å²) >= 11 is 0. The molecule has 0 aromatic heterocycles. The van der Waals surface area contributed by atoms with E-state index in [0.29, 0.717) is 6.61 Å². The molecule has 14 heavy (non-hydrogen) atoms. The summed E-state index contributed by atoms with van der Waals surface area (Å²) in [4.78, 5) is 11.8. The molecule has 0 fully saturated rings. The van der Waals surface area contributed by atoms with Crippen LogP contribution < -0.4 is 0 Å². The third-order valence-electron chi connectivity index (χ3n) is 2.86. The molecule has 0 aliphatic rings. The van der Waals surface area contributed by atoms with Gasteiger partial charge in [0, 0.05) is 0 Å². The van der Waals surface area contributed by atoms with Crippen molar-refractivity contribution in [3.05, 3.63) is 0 Å². The van der Waals surface area contributed by atoms with Gasteiger partial charge in [-0.3, -0.25) is 4.79 Å². The smallest absolute Gasteiger partial charge is 0.320 e. The lowest BCUT2D eigenvalue weighted by molar-refractivity contribution is -0.145. The summed E-state index contributed by atoms with van der Waals surface area (Å²) < 4.78 is 4.80. The third-order valence-corrected chi connectivity index (χ3v) is 7.22. The van der Waals surface area contributed by atoms with Crippen molar-refractivity contribution in [1.29, 1.82) is 0 Å². The molecule has 0 unspecified atom stereocenters. The van der Waals surface area contributed by atoms with Crippen molar-refractivity contribution in [2.45, 2.75) is 38.9 Å². The van der Waals surface area contributed by atoms with E-state index in [0.717, 1.165) is 12.2 Å². The maximum absolute atomic E-state index is 11.8. The minimum atomic E-state index is -0.906. The van der Waals surface area contributed by atoms with Gasteiger partial charge in [0.25, 0.3) is 0 Å². The lowest BCUT2D eigenvalue weighted by Gasteiger charge is -2.44. The van der Waals surface area contributed by atoms with Crippen molar-refractivity contribution >= 4 is 16.0 Å². The highest BCUT2D eigenvalue weighted by Crippen LogP contribution is 2.53. The molecular weight excluding hydrogens is 196 g/mol. The second-order valence-corrected chi connectivity index (χ2v) is 8.98. The van der Waals surface area contributed by atoms with Crippen molar-refractivity contribution in [2.75, 3.05) is 24.9 Å². The highest BCUT2D eigenvalue weighted by Gasteiger charge is 2.40. The zero-order valence-corrected chi connectivity index (χ0v) is 11.2. The lowest BCUT2D eigenvalue weighted by atomic mass is 10.2. The molecule has 0 bridgehead atoms. The molecule has 0 N–H and O–H groups in total. The Morgan fingerprint density at radius 2 is 1.79 bits per heavy atom. The molecular formula is C11H24O2S. The summed E-state index contributed by atoms with van der Waals surface area (Å²) in [6.07, 6.45) is 5.56. The highest BCUT2D eigenvalue weighted by atomic mass is 32.3. The Morgan fingerprint density at radius 1 is 1.29 bits per heavy atom.